The Labute approximate surface area is 139 Å². The highest BCUT2D eigenvalue weighted by molar-refractivity contribution is 5.94. The maximum absolute atomic E-state index is 11.5. The molecule has 2 rings (SSSR count). The fourth-order valence-corrected chi connectivity index (χ4v) is 1.81. The van der Waals surface area contributed by atoms with Gasteiger partial charge in [0, 0.05) is 22.4 Å². The second-order valence-corrected chi connectivity index (χ2v) is 5.12. The fraction of sp³-hybridized carbons (Fsp3) is 0.111. The SMILES string of the molecule is C[C@H](N)C(=O)Nc1ccc(C#Cc2ccc(C(=O)NO)cc2)cc1. The number of hydrogen-bond acceptors (Lipinski definition) is 4. The molecule has 5 N–H and O–H groups in total. The van der Waals surface area contributed by atoms with E-state index < -0.39 is 11.9 Å². The van der Waals surface area contributed by atoms with Crippen LogP contribution in [0.2, 0.25) is 0 Å². The van der Waals surface area contributed by atoms with Crippen LogP contribution in [0.25, 0.3) is 0 Å². The van der Waals surface area contributed by atoms with Crippen LogP contribution in [0.5, 0.6) is 0 Å². The van der Waals surface area contributed by atoms with Crippen LogP contribution in [0.3, 0.4) is 0 Å². The van der Waals surface area contributed by atoms with Crippen molar-refractivity contribution in [2.45, 2.75) is 13.0 Å². The number of carbonyl (C=O) groups is 2. The highest BCUT2D eigenvalue weighted by Gasteiger charge is 2.06. The van der Waals surface area contributed by atoms with Crippen LogP contribution >= 0.6 is 0 Å². The van der Waals surface area contributed by atoms with E-state index >= 15 is 0 Å². The topological polar surface area (TPSA) is 104 Å². The van der Waals surface area contributed by atoms with Gasteiger partial charge in [-0.05, 0) is 55.5 Å². The van der Waals surface area contributed by atoms with Crippen LogP contribution in [0.1, 0.15) is 28.4 Å². The molecule has 0 saturated carbocycles. The number of nitrogens with two attached hydrogens (primary N) is 1. The number of benzene rings is 2. The van der Waals surface area contributed by atoms with Crippen molar-refractivity contribution in [2.24, 2.45) is 5.73 Å². The largest absolute Gasteiger partial charge is 0.325 e. The van der Waals surface area contributed by atoms with Gasteiger partial charge >= 0.3 is 0 Å². The lowest BCUT2D eigenvalue weighted by Gasteiger charge is -2.07. The summed E-state index contributed by atoms with van der Waals surface area (Å²) in [5.41, 5.74) is 9.58. The molecule has 24 heavy (non-hydrogen) atoms. The third-order valence-corrected chi connectivity index (χ3v) is 3.17. The van der Waals surface area contributed by atoms with E-state index in [1.807, 2.05) is 0 Å². The summed E-state index contributed by atoms with van der Waals surface area (Å²) in [7, 11) is 0. The average molecular weight is 323 g/mol. The molecule has 0 heterocycles. The van der Waals surface area contributed by atoms with Crippen molar-refractivity contribution in [3.05, 3.63) is 65.2 Å². The Bertz CT molecular complexity index is 785. The minimum absolute atomic E-state index is 0.249. The van der Waals surface area contributed by atoms with Gasteiger partial charge in [-0.2, -0.15) is 0 Å². The summed E-state index contributed by atoms with van der Waals surface area (Å²) in [4.78, 5) is 22.7. The number of hydrogen-bond donors (Lipinski definition) is 4. The van der Waals surface area contributed by atoms with Crippen LogP contribution in [0.15, 0.2) is 48.5 Å². The number of rotatable bonds is 3. The zero-order chi connectivity index (χ0) is 17.5. The molecule has 0 fully saturated rings. The number of nitrogens with one attached hydrogen (secondary N) is 2. The van der Waals surface area contributed by atoms with Crippen LogP contribution in [0, 0.1) is 11.8 Å². The second-order valence-electron chi connectivity index (χ2n) is 5.12. The molecule has 0 spiro atoms. The van der Waals surface area contributed by atoms with Crippen LogP contribution in [-0.4, -0.2) is 23.1 Å². The molecular weight excluding hydrogens is 306 g/mol. The molecule has 1 atom stereocenters. The zero-order valence-corrected chi connectivity index (χ0v) is 13.0. The molecule has 0 aromatic heterocycles. The van der Waals surface area contributed by atoms with Crippen molar-refractivity contribution in [3.63, 3.8) is 0 Å². The van der Waals surface area contributed by atoms with E-state index in [9.17, 15) is 9.59 Å². The molecule has 2 aromatic rings. The summed E-state index contributed by atoms with van der Waals surface area (Å²) in [5.74, 6) is 5.14. The van der Waals surface area contributed by atoms with Gasteiger partial charge in [0.2, 0.25) is 5.91 Å². The molecule has 2 amide bonds. The summed E-state index contributed by atoms with van der Waals surface area (Å²) in [6.07, 6.45) is 0. The highest BCUT2D eigenvalue weighted by atomic mass is 16.5. The molecule has 2 aromatic carbocycles. The third kappa shape index (κ3) is 4.68. The molecule has 0 unspecified atom stereocenters. The molecule has 0 aliphatic rings. The van der Waals surface area contributed by atoms with E-state index in [1.54, 1.807) is 60.9 Å². The van der Waals surface area contributed by atoms with E-state index in [4.69, 9.17) is 10.9 Å². The Hall–Kier alpha value is -3.14. The van der Waals surface area contributed by atoms with Crippen molar-refractivity contribution in [3.8, 4) is 11.8 Å². The van der Waals surface area contributed by atoms with Crippen LogP contribution in [-0.2, 0) is 4.79 Å². The van der Waals surface area contributed by atoms with Crippen molar-refractivity contribution in [1.82, 2.24) is 5.48 Å². The van der Waals surface area contributed by atoms with Gasteiger partial charge in [0.15, 0.2) is 0 Å². The average Bonchev–Trinajstić information content (AvgIpc) is 2.60. The van der Waals surface area contributed by atoms with E-state index in [0.717, 1.165) is 11.1 Å². The maximum atomic E-state index is 11.5. The Balaban J connectivity index is 2.05. The summed E-state index contributed by atoms with van der Waals surface area (Å²) in [6.45, 7) is 1.62. The van der Waals surface area contributed by atoms with Gasteiger partial charge in [-0.15, -0.1) is 0 Å². The van der Waals surface area contributed by atoms with E-state index in [0.29, 0.717) is 11.3 Å². The number of amides is 2. The van der Waals surface area contributed by atoms with Crippen LogP contribution in [0.4, 0.5) is 5.69 Å². The molecule has 0 aliphatic heterocycles. The molecule has 6 heteroatoms. The molecule has 0 bridgehead atoms. The van der Waals surface area contributed by atoms with Crippen molar-refractivity contribution < 1.29 is 14.8 Å². The number of anilines is 1. The summed E-state index contributed by atoms with van der Waals surface area (Å²) >= 11 is 0. The lowest BCUT2D eigenvalue weighted by atomic mass is 10.1. The summed E-state index contributed by atoms with van der Waals surface area (Å²) < 4.78 is 0. The summed E-state index contributed by atoms with van der Waals surface area (Å²) in [6, 6.07) is 13.0. The van der Waals surface area contributed by atoms with Crippen molar-refractivity contribution in [1.29, 1.82) is 0 Å². The van der Waals surface area contributed by atoms with Gasteiger partial charge in [-0.3, -0.25) is 14.8 Å². The minimum atomic E-state index is -0.570. The first-order valence-corrected chi connectivity index (χ1v) is 7.22. The first-order chi connectivity index (χ1) is 11.5. The lowest BCUT2D eigenvalue weighted by Crippen LogP contribution is -2.32. The monoisotopic (exact) mass is 323 g/mol. The van der Waals surface area contributed by atoms with Gasteiger partial charge in [0.25, 0.3) is 5.91 Å². The van der Waals surface area contributed by atoms with Crippen LogP contribution < -0.4 is 16.5 Å². The second kappa shape index (κ2) is 7.92. The van der Waals surface area contributed by atoms with Gasteiger partial charge in [0.1, 0.15) is 0 Å². The minimum Gasteiger partial charge on any atom is -0.325 e. The van der Waals surface area contributed by atoms with E-state index in [1.165, 1.54) is 0 Å². The fourth-order valence-electron chi connectivity index (χ4n) is 1.81. The van der Waals surface area contributed by atoms with E-state index in [2.05, 4.69) is 17.2 Å². The molecule has 0 aliphatic carbocycles. The maximum Gasteiger partial charge on any atom is 0.274 e. The molecule has 122 valence electrons. The first-order valence-electron chi connectivity index (χ1n) is 7.22. The van der Waals surface area contributed by atoms with Gasteiger partial charge in [-0.1, -0.05) is 11.8 Å². The number of hydroxylamine groups is 1. The highest BCUT2D eigenvalue weighted by Crippen LogP contribution is 2.09. The summed E-state index contributed by atoms with van der Waals surface area (Å²) in [5, 5.41) is 11.3. The van der Waals surface area contributed by atoms with Gasteiger partial charge < -0.3 is 11.1 Å². The zero-order valence-electron chi connectivity index (χ0n) is 13.0. The van der Waals surface area contributed by atoms with Gasteiger partial charge in [-0.25, -0.2) is 5.48 Å². The number of carbonyl (C=O) groups excluding carboxylic acids is 2. The Kier molecular flexibility index (Phi) is 5.68. The molecule has 0 radical (unpaired) electrons. The molecule has 0 saturated heterocycles. The molecular formula is C18H17N3O3. The van der Waals surface area contributed by atoms with E-state index in [-0.39, 0.29) is 5.91 Å². The molecule has 6 nitrogen and oxygen atoms in total. The predicted octanol–water partition coefficient (Wildman–Crippen LogP) is 1.49. The Morgan fingerprint density at radius 1 is 1.00 bits per heavy atom. The quantitative estimate of drug-likeness (QED) is 0.390. The Morgan fingerprint density at radius 2 is 1.50 bits per heavy atom. The lowest BCUT2D eigenvalue weighted by molar-refractivity contribution is -0.117. The normalized spacial score (nSPS) is 11.0. The standard InChI is InChI=1S/C18H17N3O3/c1-12(19)17(22)20-16-10-6-14(7-11-16)3-2-13-4-8-15(9-5-13)18(23)21-24/h4-12,24H,19H2,1H3,(H,20,22)(H,21,23)/t12-/m0/s1. The Morgan fingerprint density at radius 3 is 1.96 bits per heavy atom. The first kappa shape index (κ1) is 17.2. The van der Waals surface area contributed by atoms with Crippen molar-refractivity contribution in [2.75, 3.05) is 5.32 Å². The third-order valence-electron chi connectivity index (χ3n) is 3.17. The predicted molar refractivity (Wildman–Crippen MR) is 90.4 cm³/mol. The van der Waals surface area contributed by atoms with Gasteiger partial charge in [0.05, 0.1) is 6.04 Å². The smallest absolute Gasteiger partial charge is 0.274 e. The van der Waals surface area contributed by atoms with Crippen molar-refractivity contribution >= 4 is 17.5 Å².